The number of unbranched alkanes of at least 4 members (excludes halogenated alkanes) is 2. The van der Waals surface area contributed by atoms with Crippen LogP contribution in [0.25, 0.3) is 5.57 Å². The van der Waals surface area contributed by atoms with E-state index in [-0.39, 0.29) is 6.08 Å². The predicted octanol–water partition coefficient (Wildman–Crippen LogP) is 13.0. The van der Waals surface area contributed by atoms with Crippen LogP contribution in [-0.4, -0.2) is 36.8 Å². The first-order chi connectivity index (χ1) is 22.4. The third kappa shape index (κ3) is 31.7. The highest BCUT2D eigenvalue weighted by Crippen LogP contribution is 2.20. The van der Waals surface area contributed by atoms with Crippen molar-refractivity contribution in [3.63, 3.8) is 0 Å². The minimum atomic E-state index is -4.19. The van der Waals surface area contributed by atoms with Gasteiger partial charge in [-0.05, 0) is 120 Å². The van der Waals surface area contributed by atoms with Gasteiger partial charge < -0.3 is 10.6 Å². The van der Waals surface area contributed by atoms with E-state index < -0.39 is 6.18 Å². The first kappa shape index (κ1) is 48.8. The summed E-state index contributed by atoms with van der Waals surface area (Å²) in [6.45, 7) is 30.8. The fourth-order valence-corrected chi connectivity index (χ4v) is 4.47. The molecular weight excluding hydrogens is 589 g/mol. The van der Waals surface area contributed by atoms with E-state index in [0.29, 0.717) is 6.04 Å². The molecule has 2 N–H and O–H groups in total. The van der Waals surface area contributed by atoms with Crippen molar-refractivity contribution in [2.45, 2.75) is 138 Å². The topological polar surface area (TPSA) is 29.3 Å². The van der Waals surface area contributed by atoms with Gasteiger partial charge in [0.25, 0.3) is 0 Å². The van der Waals surface area contributed by atoms with E-state index in [2.05, 4.69) is 93.9 Å². The Morgan fingerprint density at radius 3 is 1.79 bits per heavy atom. The summed E-state index contributed by atoms with van der Waals surface area (Å²) in [5.41, 5.74) is 12.2. The van der Waals surface area contributed by atoms with Gasteiger partial charge in [0.1, 0.15) is 0 Å². The number of allylic oxidation sites excluding steroid dienone is 3. The first-order valence-electron chi connectivity index (χ1n) is 18.1. The lowest BCUT2D eigenvalue weighted by atomic mass is 9.99. The Bertz CT molecular complexity index is 970. The van der Waals surface area contributed by atoms with E-state index in [1.165, 1.54) is 92.4 Å². The number of nitrogens with zero attached hydrogens (tertiary/aromatic N) is 1. The molecule has 1 aliphatic heterocycles. The lowest BCUT2D eigenvalue weighted by Crippen LogP contribution is -2.20. The van der Waals surface area contributed by atoms with Crippen molar-refractivity contribution in [1.82, 2.24) is 4.90 Å². The summed E-state index contributed by atoms with van der Waals surface area (Å²) in [6.07, 6.45) is 11.2. The third-order valence-electron chi connectivity index (χ3n) is 7.14. The summed E-state index contributed by atoms with van der Waals surface area (Å²) >= 11 is 0. The van der Waals surface area contributed by atoms with Gasteiger partial charge in [0.05, 0.1) is 0 Å². The van der Waals surface area contributed by atoms with Gasteiger partial charge in [-0.1, -0.05) is 121 Å². The molecule has 0 spiro atoms. The number of hydrogen-bond acceptors (Lipinski definition) is 2. The second kappa shape index (κ2) is 33.3. The second-order valence-corrected chi connectivity index (χ2v) is 11.3. The van der Waals surface area contributed by atoms with Crippen molar-refractivity contribution in [1.29, 1.82) is 0 Å². The van der Waals surface area contributed by atoms with Crippen LogP contribution in [0.3, 0.4) is 0 Å². The van der Waals surface area contributed by atoms with Gasteiger partial charge in [-0.25, -0.2) is 0 Å². The van der Waals surface area contributed by atoms with E-state index in [0.717, 1.165) is 25.7 Å². The molecule has 1 heterocycles. The Kier molecular flexibility index (Phi) is 34.5. The van der Waals surface area contributed by atoms with Crippen LogP contribution in [0.2, 0.25) is 0 Å². The number of nitrogens with two attached hydrogens (primary N) is 1. The number of likely N-dealkylation sites (tertiary alicyclic amines) is 1. The minimum Gasteiger partial charge on any atom is -0.328 e. The van der Waals surface area contributed by atoms with E-state index >= 15 is 0 Å². The van der Waals surface area contributed by atoms with Gasteiger partial charge in [0.2, 0.25) is 0 Å². The van der Waals surface area contributed by atoms with Crippen LogP contribution in [-0.2, 0) is 12.8 Å². The van der Waals surface area contributed by atoms with Crippen LogP contribution in [0.15, 0.2) is 80.4 Å². The Balaban J connectivity index is -0.000000574. The summed E-state index contributed by atoms with van der Waals surface area (Å²) in [7, 11) is 0. The molecule has 0 aliphatic carbocycles. The monoisotopic (exact) mass is 661 g/mol. The van der Waals surface area contributed by atoms with Crippen LogP contribution in [0, 0.1) is 6.92 Å². The highest BCUT2D eigenvalue weighted by Gasteiger charge is 2.19. The van der Waals surface area contributed by atoms with Crippen molar-refractivity contribution < 1.29 is 13.2 Å². The van der Waals surface area contributed by atoms with Gasteiger partial charge in [-0.2, -0.15) is 13.2 Å². The zero-order valence-corrected chi connectivity index (χ0v) is 31.5. The number of hydrogen-bond donors (Lipinski definition) is 1. The maximum absolute atomic E-state index is 10.7. The van der Waals surface area contributed by atoms with Crippen LogP contribution in [0.1, 0.15) is 129 Å². The zero-order valence-electron chi connectivity index (χ0n) is 31.5. The molecule has 0 saturated carbocycles. The second-order valence-electron chi connectivity index (χ2n) is 11.3. The Morgan fingerprint density at radius 1 is 0.872 bits per heavy atom. The van der Waals surface area contributed by atoms with Crippen molar-refractivity contribution in [3.8, 4) is 0 Å². The largest absolute Gasteiger partial charge is 0.409 e. The molecule has 47 heavy (non-hydrogen) atoms. The molecule has 0 aromatic heterocycles. The maximum atomic E-state index is 10.7. The standard InChI is InChI=1S/C16H22.C14H21N.C5H13N.C3H3F3.2C2H6/c1-4-6-7-8-9-14(3)16-12-10-15(5-2)11-13-16;1-13-6-8-14(9-7-13)5-4-12-15-10-2-3-11-15;1-3-4-5(2)6;1-2-3(4,5)6;2*1-2/h4,10-13H,1,3,5-9H2,2H3;6-9H,2-5,10-12H2,1H3;5H,3-4,6H2,1-2H3;2H,1H2;2*1-2H3. The lowest BCUT2D eigenvalue weighted by molar-refractivity contribution is -0.0795. The van der Waals surface area contributed by atoms with Crippen molar-refractivity contribution in [2.24, 2.45) is 5.73 Å². The smallest absolute Gasteiger partial charge is 0.328 e. The molecule has 1 saturated heterocycles. The normalized spacial score (nSPS) is 12.4. The SMILES string of the molecule is C=CC(F)(F)F.C=CCCCCC(=C)c1ccc(CC)cc1.CC.CC.CCCC(C)N.Cc1ccc(CCCN2CCCC2)cc1. The third-order valence-corrected chi connectivity index (χ3v) is 7.14. The van der Waals surface area contributed by atoms with Crippen LogP contribution >= 0.6 is 0 Å². The summed E-state index contributed by atoms with van der Waals surface area (Å²) in [5.74, 6) is 0. The highest BCUT2D eigenvalue weighted by molar-refractivity contribution is 5.63. The van der Waals surface area contributed by atoms with Crippen molar-refractivity contribution in [3.05, 3.63) is 103 Å². The van der Waals surface area contributed by atoms with Gasteiger partial charge in [-0.3, -0.25) is 0 Å². The van der Waals surface area contributed by atoms with Gasteiger partial charge in [-0.15, -0.1) is 6.58 Å². The van der Waals surface area contributed by atoms with Gasteiger partial charge in [0, 0.05) is 12.1 Å². The molecule has 1 atom stereocenters. The Morgan fingerprint density at radius 2 is 1.38 bits per heavy atom. The number of halogens is 3. The predicted molar refractivity (Wildman–Crippen MR) is 206 cm³/mol. The van der Waals surface area contributed by atoms with E-state index in [1.807, 2.05) is 40.7 Å². The molecule has 0 radical (unpaired) electrons. The molecule has 5 heteroatoms. The van der Waals surface area contributed by atoms with E-state index in [9.17, 15) is 13.2 Å². The van der Waals surface area contributed by atoms with Crippen molar-refractivity contribution >= 4 is 5.57 Å². The van der Waals surface area contributed by atoms with Crippen LogP contribution < -0.4 is 5.73 Å². The Labute approximate surface area is 289 Å². The molecular formula is C42H71F3N2. The summed E-state index contributed by atoms with van der Waals surface area (Å²) in [6, 6.07) is 18.1. The molecule has 1 fully saturated rings. The molecule has 3 rings (SSSR count). The summed E-state index contributed by atoms with van der Waals surface area (Å²) in [5, 5.41) is 0. The molecule has 0 bridgehead atoms. The van der Waals surface area contributed by atoms with Gasteiger partial charge in [0.15, 0.2) is 0 Å². The summed E-state index contributed by atoms with van der Waals surface area (Å²) < 4.78 is 32.0. The lowest BCUT2D eigenvalue weighted by Gasteiger charge is -2.13. The highest BCUT2D eigenvalue weighted by atomic mass is 19.4. The number of alkyl halides is 3. The number of benzene rings is 2. The first-order valence-corrected chi connectivity index (χ1v) is 18.1. The fraction of sp³-hybridized carbons (Fsp3) is 0.571. The van der Waals surface area contributed by atoms with Crippen LogP contribution in [0.4, 0.5) is 13.2 Å². The molecule has 2 aromatic rings. The molecule has 0 amide bonds. The maximum Gasteiger partial charge on any atom is 0.409 e. The minimum absolute atomic E-state index is 0.0625. The number of aryl methyl sites for hydroxylation is 3. The molecule has 2 nitrogen and oxygen atoms in total. The number of rotatable bonds is 13. The van der Waals surface area contributed by atoms with Crippen LogP contribution in [0.5, 0.6) is 0 Å². The zero-order chi connectivity index (χ0) is 36.5. The molecule has 270 valence electrons. The fourth-order valence-electron chi connectivity index (χ4n) is 4.47. The molecule has 2 aromatic carbocycles. The molecule has 1 unspecified atom stereocenters. The molecule has 1 aliphatic rings. The summed E-state index contributed by atoms with van der Waals surface area (Å²) in [4.78, 5) is 2.59. The van der Waals surface area contributed by atoms with Crippen molar-refractivity contribution in [2.75, 3.05) is 19.6 Å². The van der Waals surface area contributed by atoms with E-state index in [1.54, 1.807) is 0 Å². The van der Waals surface area contributed by atoms with E-state index in [4.69, 9.17) is 5.73 Å². The Hall–Kier alpha value is -2.63. The van der Waals surface area contributed by atoms with Gasteiger partial charge >= 0.3 is 6.18 Å². The quantitative estimate of drug-likeness (QED) is 0.171. The average Bonchev–Trinajstić information content (AvgIpc) is 3.60. The average molecular weight is 661 g/mol.